The predicted molar refractivity (Wildman–Crippen MR) is 111 cm³/mol. The number of nitrogens with one attached hydrogen (secondary N) is 1. The summed E-state index contributed by atoms with van der Waals surface area (Å²) in [5, 5.41) is 21.7. The van der Waals surface area contributed by atoms with Crippen LogP contribution in [0.25, 0.3) is 11.1 Å². The fraction of sp³-hybridized carbons (Fsp3) is 0.217. The monoisotopic (exact) mass is 386 g/mol. The molecule has 6 heteroatoms. The second kappa shape index (κ2) is 8.21. The van der Waals surface area contributed by atoms with Gasteiger partial charge in [-0.25, -0.2) is 9.97 Å². The molecule has 3 rings (SSSR count). The highest BCUT2D eigenvalue weighted by molar-refractivity contribution is 5.94. The number of anilines is 1. The molecule has 0 saturated carbocycles. The van der Waals surface area contributed by atoms with E-state index in [0.29, 0.717) is 11.3 Å². The molecule has 1 amide bonds. The highest BCUT2D eigenvalue weighted by Gasteiger charge is 2.19. The average molecular weight is 386 g/mol. The van der Waals surface area contributed by atoms with Crippen molar-refractivity contribution in [2.45, 2.75) is 32.3 Å². The minimum Gasteiger partial charge on any atom is -0.378 e. The first-order valence-electron chi connectivity index (χ1n) is 9.20. The van der Waals surface area contributed by atoms with Crippen molar-refractivity contribution in [3.05, 3.63) is 77.9 Å². The number of carbonyl (C=O) groups excluding carboxylic acids is 1. The van der Waals surface area contributed by atoms with Gasteiger partial charge in [0.1, 0.15) is 6.07 Å². The highest BCUT2D eigenvalue weighted by atomic mass is 16.3. The lowest BCUT2D eigenvalue weighted by molar-refractivity contribution is -0.124. The number of nitriles is 1. The van der Waals surface area contributed by atoms with Crippen molar-refractivity contribution in [1.29, 1.82) is 5.26 Å². The highest BCUT2D eigenvalue weighted by Crippen LogP contribution is 2.28. The lowest BCUT2D eigenvalue weighted by Crippen LogP contribution is -2.21. The van der Waals surface area contributed by atoms with Gasteiger partial charge in [-0.05, 0) is 33.7 Å². The number of nitrogens with zero attached hydrogens (tertiary/aromatic N) is 3. The normalized spacial score (nSPS) is 12.1. The van der Waals surface area contributed by atoms with Gasteiger partial charge in [0.15, 0.2) is 6.10 Å². The lowest BCUT2D eigenvalue weighted by Gasteiger charge is -2.19. The van der Waals surface area contributed by atoms with Crippen LogP contribution in [0.1, 0.15) is 43.8 Å². The van der Waals surface area contributed by atoms with E-state index in [4.69, 9.17) is 5.26 Å². The van der Waals surface area contributed by atoms with Crippen molar-refractivity contribution in [1.82, 2.24) is 9.97 Å². The third kappa shape index (κ3) is 4.84. The molecule has 0 saturated heterocycles. The van der Waals surface area contributed by atoms with Crippen molar-refractivity contribution >= 4 is 11.6 Å². The molecule has 0 aliphatic rings. The molecule has 1 atom stereocenters. The number of aliphatic hydroxyl groups excluding tert-OH is 1. The van der Waals surface area contributed by atoms with E-state index in [-0.39, 0.29) is 11.2 Å². The van der Waals surface area contributed by atoms with Crippen LogP contribution in [0, 0.1) is 11.3 Å². The first-order chi connectivity index (χ1) is 13.8. The molecule has 0 bridgehead atoms. The second-order valence-corrected chi connectivity index (χ2v) is 7.75. The quantitative estimate of drug-likeness (QED) is 0.706. The van der Waals surface area contributed by atoms with Crippen LogP contribution in [0.15, 0.2) is 60.9 Å². The van der Waals surface area contributed by atoms with Crippen molar-refractivity contribution in [2.24, 2.45) is 0 Å². The number of aromatic nitrogens is 2. The SMILES string of the molecule is CC(C)(C)c1ccc(-c2cccc(C(O)C(=O)Nc3cnc(C#N)nc3)c2)cc1. The molecule has 1 heterocycles. The van der Waals surface area contributed by atoms with Gasteiger partial charge in [0.2, 0.25) is 5.82 Å². The average Bonchev–Trinajstić information content (AvgIpc) is 2.73. The first-order valence-corrected chi connectivity index (χ1v) is 9.20. The molecule has 0 fully saturated rings. The Kier molecular flexibility index (Phi) is 5.71. The molecule has 2 N–H and O–H groups in total. The first kappa shape index (κ1) is 20.2. The molecule has 3 aromatic rings. The summed E-state index contributed by atoms with van der Waals surface area (Å²) in [4.78, 5) is 20.0. The molecule has 146 valence electrons. The van der Waals surface area contributed by atoms with Crippen LogP contribution in [0.4, 0.5) is 5.69 Å². The summed E-state index contributed by atoms with van der Waals surface area (Å²) in [7, 11) is 0. The predicted octanol–water partition coefficient (Wildman–Crippen LogP) is 3.98. The van der Waals surface area contributed by atoms with Gasteiger partial charge in [0, 0.05) is 0 Å². The van der Waals surface area contributed by atoms with Gasteiger partial charge in [-0.3, -0.25) is 4.79 Å². The van der Waals surface area contributed by atoms with Crippen LogP contribution < -0.4 is 5.32 Å². The summed E-state index contributed by atoms with van der Waals surface area (Å²) in [6, 6.07) is 17.3. The summed E-state index contributed by atoms with van der Waals surface area (Å²) in [5.41, 5.74) is 4.02. The van der Waals surface area contributed by atoms with E-state index in [2.05, 4.69) is 48.2 Å². The van der Waals surface area contributed by atoms with Gasteiger partial charge < -0.3 is 10.4 Å². The molecular formula is C23H22N4O2. The summed E-state index contributed by atoms with van der Waals surface area (Å²) >= 11 is 0. The Bertz CT molecular complexity index is 1050. The molecule has 1 unspecified atom stereocenters. The van der Waals surface area contributed by atoms with Crippen molar-refractivity contribution < 1.29 is 9.90 Å². The van der Waals surface area contributed by atoms with Gasteiger partial charge >= 0.3 is 0 Å². The van der Waals surface area contributed by atoms with E-state index >= 15 is 0 Å². The van der Waals surface area contributed by atoms with E-state index < -0.39 is 12.0 Å². The number of hydrogen-bond donors (Lipinski definition) is 2. The molecule has 0 spiro atoms. The Balaban J connectivity index is 1.77. The zero-order valence-electron chi connectivity index (χ0n) is 16.5. The third-order valence-corrected chi connectivity index (χ3v) is 4.55. The van der Waals surface area contributed by atoms with Crippen LogP contribution in [0.5, 0.6) is 0 Å². The summed E-state index contributed by atoms with van der Waals surface area (Å²) in [6.07, 6.45) is 1.30. The molecule has 2 aromatic carbocycles. The molecule has 0 aliphatic heterocycles. The van der Waals surface area contributed by atoms with Crippen LogP contribution in [0.3, 0.4) is 0 Å². The molecule has 1 aromatic heterocycles. The number of benzene rings is 2. The van der Waals surface area contributed by atoms with Crippen molar-refractivity contribution in [3.63, 3.8) is 0 Å². The summed E-state index contributed by atoms with van der Waals surface area (Å²) in [6.45, 7) is 6.49. The van der Waals surface area contributed by atoms with Crippen molar-refractivity contribution in [2.75, 3.05) is 5.32 Å². The maximum atomic E-state index is 12.4. The molecule has 0 aliphatic carbocycles. The van der Waals surface area contributed by atoms with E-state index in [9.17, 15) is 9.90 Å². The van der Waals surface area contributed by atoms with Gasteiger partial charge in [0.25, 0.3) is 5.91 Å². The fourth-order valence-electron chi connectivity index (χ4n) is 2.86. The smallest absolute Gasteiger partial charge is 0.257 e. The van der Waals surface area contributed by atoms with Crippen molar-refractivity contribution in [3.8, 4) is 17.2 Å². The van der Waals surface area contributed by atoms with E-state index in [0.717, 1.165) is 11.1 Å². The largest absolute Gasteiger partial charge is 0.378 e. The van der Waals surface area contributed by atoms with Gasteiger partial charge in [-0.15, -0.1) is 0 Å². The van der Waals surface area contributed by atoms with Crippen LogP contribution in [-0.4, -0.2) is 21.0 Å². The Hall–Kier alpha value is -3.56. The van der Waals surface area contributed by atoms with E-state index in [1.807, 2.05) is 24.3 Å². The fourth-order valence-corrected chi connectivity index (χ4v) is 2.86. The van der Waals surface area contributed by atoms with Crippen LogP contribution >= 0.6 is 0 Å². The van der Waals surface area contributed by atoms with Crippen LogP contribution in [-0.2, 0) is 10.2 Å². The number of aliphatic hydroxyl groups is 1. The third-order valence-electron chi connectivity index (χ3n) is 4.55. The molecule has 0 radical (unpaired) electrons. The number of carbonyl (C=O) groups is 1. The number of rotatable bonds is 4. The molecule has 6 nitrogen and oxygen atoms in total. The Morgan fingerprint density at radius 1 is 1.07 bits per heavy atom. The van der Waals surface area contributed by atoms with E-state index in [1.54, 1.807) is 18.2 Å². The Morgan fingerprint density at radius 2 is 1.72 bits per heavy atom. The molecule has 29 heavy (non-hydrogen) atoms. The maximum absolute atomic E-state index is 12.4. The Labute approximate surface area is 169 Å². The zero-order valence-corrected chi connectivity index (χ0v) is 16.5. The minimum atomic E-state index is -1.35. The molecular weight excluding hydrogens is 364 g/mol. The summed E-state index contributed by atoms with van der Waals surface area (Å²) in [5.74, 6) is -0.590. The topological polar surface area (TPSA) is 98.9 Å². The lowest BCUT2D eigenvalue weighted by atomic mass is 9.86. The van der Waals surface area contributed by atoms with Gasteiger partial charge in [0.05, 0.1) is 18.1 Å². The van der Waals surface area contributed by atoms with E-state index in [1.165, 1.54) is 18.0 Å². The number of hydrogen-bond acceptors (Lipinski definition) is 5. The van der Waals surface area contributed by atoms with Crippen LogP contribution in [0.2, 0.25) is 0 Å². The zero-order chi connectivity index (χ0) is 21.0. The maximum Gasteiger partial charge on any atom is 0.257 e. The van der Waals surface area contributed by atoms with Gasteiger partial charge in [-0.1, -0.05) is 63.2 Å². The Morgan fingerprint density at radius 3 is 2.31 bits per heavy atom. The second-order valence-electron chi connectivity index (χ2n) is 7.75. The summed E-state index contributed by atoms with van der Waals surface area (Å²) < 4.78 is 0. The minimum absolute atomic E-state index is 0.00808. The van der Waals surface area contributed by atoms with Gasteiger partial charge in [-0.2, -0.15) is 5.26 Å². The number of amides is 1. The standard InChI is InChI=1S/C23H22N4O2/c1-23(2,3)18-9-7-15(8-10-18)16-5-4-6-17(11-16)21(28)22(29)27-19-13-25-20(12-24)26-14-19/h4-11,13-14,21,28H,1-3H3,(H,27,29).